The van der Waals surface area contributed by atoms with E-state index in [1.807, 2.05) is 26.8 Å². The van der Waals surface area contributed by atoms with E-state index in [4.69, 9.17) is 5.14 Å². The molecule has 0 fully saturated rings. The Balaban J connectivity index is 0.000000382. The van der Waals surface area contributed by atoms with Gasteiger partial charge in [-0.1, -0.05) is 70.2 Å². The summed E-state index contributed by atoms with van der Waals surface area (Å²) >= 11 is 0. The lowest BCUT2D eigenvalue weighted by Gasteiger charge is -1.98. The molecule has 0 aliphatic heterocycles. The molecule has 0 radical (unpaired) electrons. The molecule has 2 aromatic rings. The lowest BCUT2D eigenvalue weighted by molar-refractivity contribution is 0.598. The zero-order chi connectivity index (χ0) is 17.0. The minimum absolute atomic E-state index is 0.166. The average Bonchev–Trinajstić information content (AvgIpc) is 2.57. The van der Waals surface area contributed by atoms with E-state index in [2.05, 4.69) is 31.2 Å². The molecule has 0 bridgehead atoms. The number of primary sulfonamides is 1. The number of benzene rings is 2. The van der Waals surface area contributed by atoms with Gasteiger partial charge in [-0.2, -0.15) is 0 Å². The van der Waals surface area contributed by atoms with Crippen LogP contribution in [0.2, 0.25) is 0 Å². The van der Waals surface area contributed by atoms with E-state index in [1.165, 1.54) is 17.7 Å². The van der Waals surface area contributed by atoms with Gasteiger partial charge in [0.1, 0.15) is 0 Å². The minimum Gasteiger partial charge on any atom is -0.225 e. The summed E-state index contributed by atoms with van der Waals surface area (Å²) in [5, 5.41) is 4.92. The molecule has 22 heavy (non-hydrogen) atoms. The first kappa shape index (κ1) is 20.3. The highest BCUT2D eigenvalue weighted by molar-refractivity contribution is 7.89. The largest absolute Gasteiger partial charge is 0.238 e. The van der Waals surface area contributed by atoms with Crippen molar-refractivity contribution in [1.29, 1.82) is 0 Å². The van der Waals surface area contributed by atoms with E-state index < -0.39 is 10.0 Å². The number of rotatable bonds is 3. The van der Waals surface area contributed by atoms with Gasteiger partial charge in [0.2, 0.25) is 10.0 Å². The van der Waals surface area contributed by atoms with Crippen molar-refractivity contribution in [3.63, 3.8) is 0 Å². The van der Waals surface area contributed by atoms with Crippen molar-refractivity contribution in [2.45, 2.75) is 45.4 Å². The summed E-state index contributed by atoms with van der Waals surface area (Å²) in [6.45, 7) is 8.17. The van der Waals surface area contributed by atoms with Crippen molar-refractivity contribution in [2.75, 3.05) is 0 Å². The summed E-state index contributed by atoms with van der Waals surface area (Å²) in [6.07, 6.45) is 2.03. The molecule has 0 unspecified atom stereocenters. The lowest BCUT2D eigenvalue weighted by atomic mass is 10.2. The van der Waals surface area contributed by atoms with Crippen LogP contribution in [0.3, 0.4) is 0 Å². The number of hydrogen-bond donors (Lipinski definition) is 1. The van der Waals surface area contributed by atoms with Crippen molar-refractivity contribution in [3.8, 4) is 0 Å². The quantitative estimate of drug-likeness (QED) is 0.922. The van der Waals surface area contributed by atoms with Crippen LogP contribution in [-0.2, 0) is 22.9 Å². The fourth-order valence-corrected chi connectivity index (χ4v) is 2.14. The smallest absolute Gasteiger partial charge is 0.225 e. The molecule has 0 aliphatic carbocycles. The SMILES string of the molecule is CC.CCc1ccc(S(N)(=O)=O)cc1.CCc1ccccc1. The van der Waals surface area contributed by atoms with Gasteiger partial charge in [-0.15, -0.1) is 0 Å². The summed E-state index contributed by atoms with van der Waals surface area (Å²) in [6, 6.07) is 17.0. The standard InChI is InChI=1S/C8H11NO2S.C8H10.C2H6/c1-2-7-3-5-8(6-4-7)12(9,10)11;1-2-8-6-4-3-5-7-8;1-2/h3-6H,2H2,1H3,(H2,9,10,11);3-7H,2H2,1H3;1-2H3. The fourth-order valence-electron chi connectivity index (χ4n) is 1.63. The highest BCUT2D eigenvalue weighted by Crippen LogP contribution is 2.08. The highest BCUT2D eigenvalue weighted by Gasteiger charge is 2.05. The van der Waals surface area contributed by atoms with Gasteiger partial charge in [-0.05, 0) is 36.1 Å². The van der Waals surface area contributed by atoms with Crippen molar-refractivity contribution < 1.29 is 8.42 Å². The van der Waals surface area contributed by atoms with Crippen LogP contribution in [0.1, 0.15) is 38.8 Å². The Morgan fingerprint density at radius 2 is 1.18 bits per heavy atom. The molecule has 0 aromatic heterocycles. The van der Waals surface area contributed by atoms with Gasteiger partial charge < -0.3 is 0 Å². The third kappa shape index (κ3) is 7.96. The minimum atomic E-state index is -3.53. The Morgan fingerprint density at radius 1 is 0.773 bits per heavy atom. The number of nitrogens with two attached hydrogens (primary N) is 1. The van der Waals surface area contributed by atoms with Crippen LogP contribution < -0.4 is 5.14 Å². The topological polar surface area (TPSA) is 60.2 Å². The van der Waals surface area contributed by atoms with E-state index in [0.717, 1.165) is 18.4 Å². The molecule has 2 N–H and O–H groups in total. The predicted molar refractivity (Wildman–Crippen MR) is 94.4 cm³/mol. The Kier molecular flexibility index (Phi) is 10.2. The average molecular weight is 321 g/mol. The second-order valence-corrected chi connectivity index (χ2v) is 5.94. The number of sulfonamides is 1. The second kappa shape index (κ2) is 11.0. The van der Waals surface area contributed by atoms with Gasteiger partial charge in [0, 0.05) is 0 Å². The van der Waals surface area contributed by atoms with Crippen LogP contribution in [0.5, 0.6) is 0 Å². The molecule has 122 valence electrons. The summed E-state index contributed by atoms with van der Waals surface area (Å²) in [7, 11) is -3.53. The third-order valence-electron chi connectivity index (χ3n) is 2.91. The molecule has 0 saturated heterocycles. The first-order valence-corrected chi connectivity index (χ1v) is 9.17. The van der Waals surface area contributed by atoms with Gasteiger partial charge in [0.15, 0.2) is 0 Å². The van der Waals surface area contributed by atoms with Gasteiger partial charge in [0.05, 0.1) is 4.90 Å². The van der Waals surface area contributed by atoms with Crippen LogP contribution in [-0.4, -0.2) is 8.42 Å². The lowest BCUT2D eigenvalue weighted by Crippen LogP contribution is -2.11. The Morgan fingerprint density at radius 3 is 1.50 bits per heavy atom. The summed E-state index contributed by atoms with van der Waals surface area (Å²) in [4.78, 5) is 0.166. The molecule has 0 amide bonds. The summed E-state index contributed by atoms with van der Waals surface area (Å²) in [5.74, 6) is 0. The molecule has 2 rings (SSSR count). The van der Waals surface area contributed by atoms with Crippen molar-refractivity contribution in [3.05, 3.63) is 65.7 Å². The molecule has 0 heterocycles. The highest BCUT2D eigenvalue weighted by atomic mass is 32.2. The fraction of sp³-hybridized carbons (Fsp3) is 0.333. The van der Waals surface area contributed by atoms with Crippen molar-refractivity contribution >= 4 is 10.0 Å². The van der Waals surface area contributed by atoms with E-state index in [1.54, 1.807) is 12.1 Å². The van der Waals surface area contributed by atoms with Gasteiger partial charge in [-0.25, -0.2) is 13.6 Å². The predicted octanol–water partition coefficient (Wildman–Crippen LogP) is 4.17. The first-order valence-electron chi connectivity index (χ1n) is 7.63. The molecule has 0 aliphatic rings. The summed E-state index contributed by atoms with van der Waals surface area (Å²) < 4.78 is 21.6. The molecule has 0 saturated carbocycles. The molecule has 4 heteroatoms. The van der Waals surface area contributed by atoms with Crippen LogP contribution >= 0.6 is 0 Å². The first-order chi connectivity index (χ1) is 10.5. The monoisotopic (exact) mass is 321 g/mol. The molecule has 0 spiro atoms. The molecular formula is C18H27NO2S. The Labute approximate surface area is 135 Å². The second-order valence-electron chi connectivity index (χ2n) is 4.38. The number of hydrogen-bond acceptors (Lipinski definition) is 2. The Bertz CT molecular complexity index is 605. The number of aryl methyl sites for hydroxylation is 2. The van der Waals surface area contributed by atoms with Crippen molar-refractivity contribution in [1.82, 2.24) is 0 Å². The zero-order valence-corrected chi connectivity index (χ0v) is 14.7. The van der Waals surface area contributed by atoms with Crippen LogP contribution in [0, 0.1) is 0 Å². The molecule has 0 atom stereocenters. The zero-order valence-electron chi connectivity index (χ0n) is 13.9. The van der Waals surface area contributed by atoms with Crippen molar-refractivity contribution in [2.24, 2.45) is 5.14 Å². The Hall–Kier alpha value is -1.65. The van der Waals surface area contributed by atoms with Crippen LogP contribution in [0.15, 0.2) is 59.5 Å². The van der Waals surface area contributed by atoms with Crippen LogP contribution in [0.25, 0.3) is 0 Å². The third-order valence-corrected chi connectivity index (χ3v) is 3.84. The molecule has 2 aromatic carbocycles. The summed E-state index contributed by atoms with van der Waals surface area (Å²) in [5.41, 5.74) is 2.51. The molecule has 3 nitrogen and oxygen atoms in total. The van der Waals surface area contributed by atoms with Crippen LogP contribution in [0.4, 0.5) is 0 Å². The van der Waals surface area contributed by atoms with E-state index in [9.17, 15) is 8.42 Å². The van der Waals surface area contributed by atoms with Gasteiger partial charge >= 0.3 is 0 Å². The van der Waals surface area contributed by atoms with Gasteiger partial charge in [-0.3, -0.25) is 0 Å². The molecular weight excluding hydrogens is 294 g/mol. The van der Waals surface area contributed by atoms with Gasteiger partial charge in [0.25, 0.3) is 0 Å². The maximum atomic E-state index is 10.8. The maximum Gasteiger partial charge on any atom is 0.238 e. The normalized spacial score (nSPS) is 9.86. The van der Waals surface area contributed by atoms with E-state index in [-0.39, 0.29) is 4.90 Å². The van der Waals surface area contributed by atoms with E-state index in [0.29, 0.717) is 0 Å². The maximum absolute atomic E-state index is 10.8. The van der Waals surface area contributed by atoms with E-state index >= 15 is 0 Å².